The van der Waals surface area contributed by atoms with Crippen LogP contribution in [-0.4, -0.2) is 40.9 Å². The topological polar surface area (TPSA) is 64.9 Å². The Morgan fingerprint density at radius 3 is 2.70 bits per heavy atom. The number of hydrogen-bond acceptors (Lipinski definition) is 5. The highest BCUT2D eigenvalue weighted by molar-refractivity contribution is 9.12. The van der Waals surface area contributed by atoms with Crippen molar-refractivity contribution >= 4 is 50.7 Å². The third kappa shape index (κ3) is 2.35. The number of fused-ring (bicyclic) bond motifs is 3. The average molecular weight is 395 g/mol. The van der Waals surface area contributed by atoms with E-state index >= 15 is 0 Å². The molecular formula is C16H17BrClN5. The summed E-state index contributed by atoms with van der Waals surface area (Å²) in [5.41, 5.74) is 3.05. The summed E-state index contributed by atoms with van der Waals surface area (Å²) in [6.45, 7) is 3.88. The van der Waals surface area contributed by atoms with Crippen molar-refractivity contribution < 1.29 is 0 Å². The van der Waals surface area contributed by atoms with Gasteiger partial charge in [-0.15, -0.1) is 0 Å². The second-order valence-electron chi connectivity index (χ2n) is 6.10. The molecule has 0 saturated carbocycles. The van der Waals surface area contributed by atoms with Gasteiger partial charge in [-0.05, 0) is 53.4 Å². The van der Waals surface area contributed by atoms with Crippen LogP contribution in [0.3, 0.4) is 0 Å². The molecule has 2 aliphatic heterocycles. The Balaban J connectivity index is 1.94. The lowest BCUT2D eigenvalue weighted by atomic mass is 9.93. The van der Waals surface area contributed by atoms with E-state index in [4.69, 9.17) is 17.0 Å². The molecule has 2 atom stereocenters. The first-order valence-electron chi connectivity index (χ1n) is 7.80. The number of anilines is 1. The van der Waals surface area contributed by atoms with Crippen molar-refractivity contribution in [3.8, 4) is 0 Å². The van der Waals surface area contributed by atoms with Gasteiger partial charge in [0, 0.05) is 35.2 Å². The second-order valence-corrected chi connectivity index (χ2v) is 7.29. The fraction of sp³-hybridized carbons (Fsp3) is 0.438. The molecule has 0 spiro atoms. The number of halogens is 2. The van der Waals surface area contributed by atoms with E-state index in [0.717, 1.165) is 53.1 Å². The quantitative estimate of drug-likeness (QED) is 0.718. The van der Waals surface area contributed by atoms with E-state index in [0.29, 0.717) is 17.8 Å². The summed E-state index contributed by atoms with van der Waals surface area (Å²) in [5, 5.41) is 12.1. The molecule has 2 saturated heterocycles. The highest BCUT2D eigenvalue weighted by Gasteiger charge is 2.40. The number of nitrogens with zero attached hydrogens (tertiary/aromatic N) is 3. The van der Waals surface area contributed by atoms with Gasteiger partial charge in [0.05, 0.1) is 17.0 Å². The minimum absolute atomic E-state index is 0.261. The molecule has 1 aromatic rings. The maximum absolute atomic E-state index is 8.36. The Bertz CT molecular complexity index is 741. The standard InChI is InChI=1S/C16H17BrClN5/c1-2-10-13-12(5-11(17)14(10)19)21-16(18)22-15(13)23-8-3-4-9(23)7-20-6-8/h2,5,8-9,19-20H,3-4,6-7H2,1H3/b10-2-,19-14?. The Morgan fingerprint density at radius 1 is 1.35 bits per heavy atom. The molecule has 4 rings (SSSR count). The molecule has 0 amide bonds. The first-order valence-corrected chi connectivity index (χ1v) is 8.97. The number of allylic oxidation sites excluding steroid dienone is 3. The number of hydrogen-bond donors (Lipinski definition) is 2. The first kappa shape index (κ1) is 15.3. The van der Waals surface area contributed by atoms with Crippen LogP contribution in [0.4, 0.5) is 5.82 Å². The normalized spacial score (nSPS) is 28.1. The fourth-order valence-corrected chi connectivity index (χ4v) is 4.45. The van der Waals surface area contributed by atoms with Crippen molar-refractivity contribution in [2.24, 2.45) is 0 Å². The van der Waals surface area contributed by atoms with Crippen molar-refractivity contribution in [3.63, 3.8) is 0 Å². The van der Waals surface area contributed by atoms with Crippen LogP contribution in [0, 0.1) is 5.41 Å². The lowest BCUT2D eigenvalue weighted by Crippen LogP contribution is -2.52. The Hall–Kier alpha value is -1.24. The van der Waals surface area contributed by atoms with Crippen molar-refractivity contribution in [2.45, 2.75) is 31.8 Å². The number of piperazine rings is 1. The van der Waals surface area contributed by atoms with Gasteiger partial charge in [0.2, 0.25) is 5.28 Å². The minimum Gasteiger partial charge on any atom is -0.347 e. The van der Waals surface area contributed by atoms with Gasteiger partial charge in [-0.3, -0.25) is 5.41 Å². The van der Waals surface area contributed by atoms with Crippen molar-refractivity contribution in [3.05, 3.63) is 27.1 Å². The van der Waals surface area contributed by atoms with Crippen LogP contribution in [0.25, 0.3) is 11.6 Å². The van der Waals surface area contributed by atoms with E-state index in [1.54, 1.807) is 0 Å². The molecule has 0 radical (unpaired) electrons. The first-order chi connectivity index (χ1) is 11.1. The number of nitrogens with one attached hydrogen (secondary N) is 2. The van der Waals surface area contributed by atoms with Crippen LogP contribution in [0.5, 0.6) is 0 Å². The monoisotopic (exact) mass is 393 g/mol. The van der Waals surface area contributed by atoms with Crippen LogP contribution in [0.15, 0.2) is 10.6 Å². The molecule has 1 aliphatic carbocycles. The van der Waals surface area contributed by atoms with Crippen LogP contribution < -0.4 is 10.2 Å². The van der Waals surface area contributed by atoms with Gasteiger partial charge in [0.15, 0.2) is 0 Å². The Labute approximate surface area is 148 Å². The molecule has 1 aromatic heterocycles. The van der Waals surface area contributed by atoms with E-state index in [1.165, 1.54) is 0 Å². The summed E-state index contributed by atoms with van der Waals surface area (Å²) >= 11 is 9.66. The molecule has 23 heavy (non-hydrogen) atoms. The zero-order valence-electron chi connectivity index (χ0n) is 12.7. The summed E-state index contributed by atoms with van der Waals surface area (Å²) in [4.78, 5) is 11.4. The van der Waals surface area contributed by atoms with E-state index < -0.39 is 0 Å². The highest BCUT2D eigenvalue weighted by Crippen LogP contribution is 2.41. The molecule has 2 bridgehead atoms. The lowest BCUT2D eigenvalue weighted by molar-refractivity contribution is 0.480. The van der Waals surface area contributed by atoms with Crippen LogP contribution in [-0.2, 0) is 0 Å². The number of aromatic nitrogens is 2. The van der Waals surface area contributed by atoms with Crippen LogP contribution in [0.1, 0.15) is 31.0 Å². The summed E-state index contributed by atoms with van der Waals surface area (Å²) < 4.78 is 0.724. The zero-order chi connectivity index (χ0) is 16.1. The molecule has 2 unspecified atom stereocenters. The van der Waals surface area contributed by atoms with Gasteiger partial charge in [-0.1, -0.05) is 6.08 Å². The summed E-state index contributed by atoms with van der Waals surface area (Å²) in [7, 11) is 0. The van der Waals surface area contributed by atoms with E-state index in [2.05, 4.69) is 36.1 Å². The average Bonchev–Trinajstić information content (AvgIpc) is 2.77. The second kappa shape index (κ2) is 5.69. The fourth-order valence-electron chi connectivity index (χ4n) is 3.85. The molecule has 3 heterocycles. The van der Waals surface area contributed by atoms with Crippen molar-refractivity contribution in [1.29, 1.82) is 5.41 Å². The smallest absolute Gasteiger partial charge is 0.224 e. The molecule has 120 valence electrons. The zero-order valence-corrected chi connectivity index (χ0v) is 15.1. The molecule has 2 N–H and O–H groups in total. The number of rotatable bonds is 1. The van der Waals surface area contributed by atoms with Gasteiger partial charge >= 0.3 is 0 Å². The van der Waals surface area contributed by atoms with Gasteiger partial charge in [0.25, 0.3) is 0 Å². The molecule has 3 aliphatic rings. The van der Waals surface area contributed by atoms with Crippen molar-refractivity contribution in [1.82, 2.24) is 15.3 Å². The van der Waals surface area contributed by atoms with Crippen LogP contribution >= 0.6 is 27.5 Å². The predicted molar refractivity (Wildman–Crippen MR) is 97.5 cm³/mol. The lowest BCUT2D eigenvalue weighted by Gasteiger charge is -2.38. The Morgan fingerprint density at radius 2 is 2.04 bits per heavy atom. The molecule has 2 fully saturated rings. The van der Waals surface area contributed by atoms with E-state index in [9.17, 15) is 0 Å². The minimum atomic E-state index is 0.261. The SMILES string of the molecule is C/C=C1\C(=N)C(Br)=Cc2nc(Cl)nc(N3C4CCC3CNC4)c21. The van der Waals surface area contributed by atoms with Crippen LogP contribution in [0.2, 0.25) is 5.28 Å². The van der Waals surface area contributed by atoms with Gasteiger partial charge in [-0.2, -0.15) is 4.98 Å². The molecule has 7 heteroatoms. The largest absolute Gasteiger partial charge is 0.347 e. The van der Waals surface area contributed by atoms with E-state index in [-0.39, 0.29) is 5.28 Å². The molecular weight excluding hydrogens is 378 g/mol. The maximum Gasteiger partial charge on any atom is 0.224 e. The third-order valence-corrected chi connectivity index (χ3v) is 5.64. The third-order valence-electron chi connectivity index (χ3n) is 4.84. The van der Waals surface area contributed by atoms with Gasteiger partial charge in [0.1, 0.15) is 5.82 Å². The summed E-state index contributed by atoms with van der Waals surface area (Å²) in [6.07, 6.45) is 6.15. The van der Waals surface area contributed by atoms with Crippen molar-refractivity contribution in [2.75, 3.05) is 18.0 Å². The van der Waals surface area contributed by atoms with E-state index in [1.807, 2.05) is 19.1 Å². The highest BCUT2D eigenvalue weighted by atomic mass is 79.9. The summed E-state index contributed by atoms with van der Waals surface area (Å²) in [5.74, 6) is 0.878. The van der Waals surface area contributed by atoms with Gasteiger partial charge in [-0.25, -0.2) is 4.98 Å². The molecule has 5 nitrogen and oxygen atoms in total. The Kier molecular flexibility index (Phi) is 3.78. The molecule has 0 aromatic carbocycles. The van der Waals surface area contributed by atoms with Gasteiger partial charge < -0.3 is 10.2 Å². The maximum atomic E-state index is 8.36. The summed E-state index contributed by atoms with van der Waals surface area (Å²) in [6, 6.07) is 0.871. The predicted octanol–water partition coefficient (Wildman–Crippen LogP) is 3.24.